The van der Waals surface area contributed by atoms with Crippen LogP contribution in [0.2, 0.25) is 0 Å². The first kappa shape index (κ1) is 17.9. The molecule has 0 rings (SSSR count). The summed E-state index contributed by atoms with van der Waals surface area (Å²) < 4.78 is 0. The minimum atomic E-state index is -0.991. The van der Waals surface area contributed by atoms with E-state index in [1.165, 1.54) is 6.92 Å². The number of aliphatic carboxylic acids is 2. The first-order valence-corrected chi connectivity index (χ1v) is 4.51. The van der Waals surface area contributed by atoms with Gasteiger partial charge in [-0.2, -0.15) is 0 Å². The molecule has 0 bridgehead atoms. The lowest BCUT2D eigenvalue weighted by atomic mass is 10.2. The molecule has 0 saturated carbocycles. The summed E-state index contributed by atoms with van der Waals surface area (Å²) in [5.74, 6) is -1.97. The van der Waals surface area contributed by atoms with Gasteiger partial charge in [0.25, 0.3) is 0 Å². The summed E-state index contributed by atoms with van der Waals surface area (Å²) in [6.07, 6.45) is -0.156. The fourth-order valence-electron chi connectivity index (χ4n) is 0.521. The highest BCUT2D eigenvalue weighted by Gasteiger charge is 2.03. The zero-order valence-corrected chi connectivity index (χ0v) is 9.54. The molecule has 8 heteroatoms. The second-order valence-corrected chi connectivity index (χ2v) is 2.96. The third kappa shape index (κ3) is 12.5. The Balaban J connectivity index is 0. The van der Waals surface area contributed by atoms with E-state index in [1.54, 1.807) is 6.92 Å². The maximum atomic E-state index is 10.2. The number of carboxylic acid groups (broad SMARTS) is 2. The van der Waals surface area contributed by atoms with E-state index in [-0.39, 0.29) is 25.2 Å². The van der Waals surface area contributed by atoms with Gasteiger partial charge >= 0.3 is 11.9 Å². The van der Waals surface area contributed by atoms with E-state index in [9.17, 15) is 9.59 Å². The minimum absolute atomic E-state index is 0.0574. The lowest BCUT2D eigenvalue weighted by Gasteiger charge is -1.99. The summed E-state index contributed by atoms with van der Waals surface area (Å²) in [5.41, 5.74) is 0.712. The Morgan fingerprint density at radius 2 is 1.59 bits per heavy atom. The number of hydrogen-bond acceptors (Lipinski definition) is 6. The lowest BCUT2D eigenvalue weighted by Crippen LogP contribution is -2.03. The van der Waals surface area contributed by atoms with Crippen LogP contribution in [0.3, 0.4) is 0 Å². The highest BCUT2D eigenvalue weighted by molar-refractivity contribution is 5.86. The van der Waals surface area contributed by atoms with E-state index < -0.39 is 11.9 Å². The lowest BCUT2D eigenvalue weighted by molar-refractivity contribution is -0.243. The van der Waals surface area contributed by atoms with E-state index in [4.69, 9.17) is 20.7 Å². The molecule has 100 valence electrons. The Morgan fingerprint density at radius 1 is 1.06 bits per heavy atom. The molecule has 0 atom stereocenters. The number of rotatable bonds is 6. The predicted molar refractivity (Wildman–Crippen MR) is 55.4 cm³/mol. The van der Waals surface area contributed by atoms with Gasteiger partial charge in [0.15, 0.2) is 0 Å². The van der Waals surface area contributed by atoms with Crippen molar-refractivity contribution in [2.45, 2.75) is 20.3 Å². The van der Waals surface area contributed by atoms with Crippen LogP contribution < -0.4 is 0 Å². The molecule has 0 spiro atoms. The first-order valence-electron chi connectivity index (χ1n) is 4.51. The standard InChI is InChI=1S/C6H10O4.C3H6O4/c1-4(3-10-9)5(2)6(7)8;4-3(5)1-2-7-6/h9H,3H2,1-2H3,(H,7,8);6H,1-2H2,(H,4,5)/b5-4-;. The van der Waals surface area contributed by atoms with Crippen LogP contribution in [0.4, 0.5) is 0 Å². The van der Waals surface area contributed by atoms with Crippen molar-refractivity contribution >= 4 is 11.9 Å². The van der Waals surface area contributed by atoms with Crippen molar-refractivity contribution in [3.8, 4) is 0 Å². The van der Waals surface area contributed by atoms with Gasteiger partial charge < -0.3 is 10.2 Å². The summed E-state index contributed by atoms with van der Waals surface area (Å²) in [5, 5.41) is 31.7. The maximum absolute atomic E-state index is 10.2. The topological polar surface area (TPSA) is 134 Å². The van der Waals surface area contributed by atoms with Gasteiger partial charge in [0, 0.05) is 5.57 Å². The number of hydrogen-bond donors (Lipinski definition) is 4. The smallest absolute Gasteiger partial charge is 0.331 e. The van der Waals surface area contributed by atoms with Gasteiger partial charge in [0.1, 0.15) is 6.61 Å². The molecule has 4 N–H and O–H groups in total. The Labute approximate surface area is 97.6 Å². The molecule has 0 amide bonds. The Kier molecular flexibility index (Phi) is 11.6. The Hall–Kier alpha value is -1.48. The van der Waals surface area contributed by atoms with Crippen LogP contribution in [0.1, 0.15) is 20.3 Å². The van der Waals surface area contributed by atoms with Gasteiger partial charge in [-0.3, -0.25) is 15.3 Å². The molecule has 0 radical (unpaired) electrons. The maximum Gasteiger partial charge on any atom is 0.331 e. The Bertz CT molecular complexity index is 270. The molecule has 0 unspecified atom stereocenters. The van der Waals surface area contributed by atoms with E-state index in [1.807, 2.05) is 0 Å². The quantitative estimate of drug-likeness (QED) is 0.310. The van der Waals surface area contributed by atoms with E-state index >= 15 is 0 Å². The van der Waals surface area contributed by atoms with Crippen molar-refractivity contribution in [1.82, 2.24) is 0 Å². The average molecular weight is 252 g/mol. The Morgan fingerprint density at radius 3 is 1.82 bits per heavy atom. The molecule has 0 aromatic rings. The third-order valence-electron chi connectivity index (χ3n) is 1.65. The molecule has 0 aliphatic rings. The second-order valence-electron chi connectivity index (χ2n) is 2.96. The van der Waals surface area contributed by atoms with E-state index in [0.29, 0.717) is 5.57 Å². The largest absolute Gasteiger partial charge is 0.481 e. The molecule has 0 heterocycles. The summed E-state index contributed by atoms with van der Waals surface area (Å²) in [4.78, 5) is 27.0. The monoisotopic (exact) mass is 252 g/mol. The average Bonchev–Trinajstić information content (AvgIpc) is 2.26. The highest BCUT2D eigenvalue weighted by atomic mass is 17.1. The molecule has 0 fully saturated rings. The molecular formula is C9H16O8. The van der Waals surface area contributed by atoms with Crippen LogP contribution in [0.25, 0.3) is 0 Å². The summed E-state index contributed by atoms with van der Waals surface area (Å²) in [6.45, 7) is 2.84. The van der Waals surface area contributed by atoms with Gasteiger partial charge in [0.05, 0.1) is 13.0 Å². The van der Waals surface area contributed by atoms with Crippen LogP contribution in [0.5, 0.6) is 0 Å². The molecule has 0 aliphatic carbocycles. The SMILES string of the molecule is C/C(COO)=C(\C)C(=O)O.O=C(O)CCOO. The van der Waals surface area contributed by atoms with E-state index in [2.05, 4.69) is 9.78 Å². The summed E-state index contributed by atoms with van der Waals surface area (Å²) in [6, 6.07) is 0. The first-order chi connectivity index (χ1) is 7.86. The number of carbonyl (C=O) groups is 2. The minimum Gasteiger partial charge on any atom is -0.481 e. The van der Waals surface area contributed by atoms with Crippen molar-refractivity contribution < 1.29 is 40.1 Å². The fraction of sp³-hybridized carbons (Fsp3) is 0.556. The van der Waals surface area contributed by atoms with Gasteiger partial charge in [-0.15, -0.1) is 0 Å². The van der Waals surface area contributed by atoms with Crippen molar-refractivity contribution in [3.05, 3.63) is 11.1 Å². The third-order valence-corrected chi connectivity index (χ3v) is 1.65. The van der Waals surface area contributed by atoms with E-state index in [0.717, 1.165) is 0 Å². The van der Waals surface area contributed by atoms with Crippen LogP contribution in [-0.4, -0.2) is 45.9 Å². The molecular weight excluding hydrogens is 236 g/mol. The zero-order valence-electron chi connectivity index (χ0n) is 9.54. The predicted octanol–water partition coefficient (Wildman–Crippen LogP) is 0.848. The van der Waals surface area contributed by atoms with Crippen LogP contribution in [0.15, 0.2) is 11.1 Å². The van der Waals surface area contributed by atoms with Crippen molar-refractivity contribution in [1.29, 1.82) is 0 Å². The van der Waals surface area contributed by atoms with Gasteiger partial charge in [-0.05, 0) is 19.4 Å². The molecule has 0 aromatic heterocycles. The van der Waals surface area contributed by atoms with Crippen molar-refractivity contribution in [2.24, 2.45) is 0 Å². The zero-order chi connectivity index (χ0) is 13.8. The molecule has 0 aliphatic heterocycles. The summed E-state index contributed by atoms with van der Waals surface area (Å²) >= 11 is 0. The number of carboxylic acids is 2. The van der Waals surface area contributed by atoms with Crippen LogP contribution in [-0.2, 0) is 19.4 Å². The molecule has 0 saturated heterocycles. The van der Waals surface area contributed by atoms with Gasteiger partial charge in [-0.1, -0.05) is 0 Å². The molecule has 0 aromatic carbocycles. The normalized spacial score (nSPS) is 11.1. The van der Waals surface area contributed by atoms with Crippen LogP contribution in [0, 0.1) is 0 Å². The van der Waals surface area contributed by atoms with Gasteiger partial charge in [-0.25, -0.2) is 14.6 Å². The van der Waals surface area contributed by atoms with Crippen LogP contribution >= 0.6 is 0 Å². The van der Waals surface area contributed by atoms with Crippen molar-refractivity contribution in [3.63, 3.8) is 0 Å². The highest BCUT2D eigenvalue weighted by Crippen LogP contribution is 2.02. The fourth-order valence-corrected chi connectivity index (χ4v) is 0.521. The van der Waals surface area contributed by atoms with Gasteiger partial charge in [0.2, 0.25) is 0 Å². The molecule has 8 nitrogen and oxygen atoms in total. The molecule has 17 heavy (non-hydrogen) atoms. The van der Waals surface area contributed by atoms with Crippen molar-refractivity contribution in [2.75, 3.05) is 13.2 Å². The second kappa shape index (κ2) is 11.0. The summed E-state index contributed by atoms with van der Waals surface area (Å²) in [7, 11) is 0.